The van der Waals surface area contributed by atoms with Crippen LogP contribution in [-0.2, 0) is 4.79 Å². The van der Waals surface area contributed by atoms with Crippen molar-refractivity contribution >= 4 is 18.3 Å². The Hall–Kier alpha value is -1.50. The monoisotopic (exact) mass is 355 g/mol. The number of piperazine rings is 1. The Labute approximate surface area is 149 Å². The molecule has 134 valence electrons. The maximum Gasteiger partial charge on any atom is 0.260 e. The maximum atomic E-state index is 12.4. The number of hydrogen-bond donors (Lipinski definition) is 1. The molecule has 2 heterocycles. The van der Waals surface area contributed by atoms with Crippen molar-refractivity contribution < 1.29 is 14.3 Å². The number of methoxy groups -OCH3 is 1. The van der Waals surface area contributed by atoms with Crippen LogP contribution in [0.4, 0.5) is 0 Å². The number of ether oxygens (including phenoxy) is 2. The van der Waals surface area contributed by atoms with Crippen molar-refractivity contribution in [1.82, 2.24) is 15.1 Å². The molecule has 2 fully saturated rings. The fourth-order valence-electron chi connectivity index (χ4n) is 3.28. The highest BCUT2D eigenvalue weighted by Gasteiger charge is 2.31. The number of benzene rings is 1. The van der Waals surface area contributed by atoms with E-state index in [1.807, 2.05) is 29.2 Å². The van der Waals surface area contributed by atoms with Gasteiger partial charge in [0.1, 0.15) is 0 Å². The number of likely N-dealkylation sites (tertiary alicyclic amines) is 1. The molecule has 1 aromatic carbocycles. The fraction of sp³-hybridized carbons (Fsp3) is 0.588. The standard InChI is InChI=1S/C17H25N3O3.ClH/c1-22-15-4-2-3-5-16(15)23-13-17(21)20-9-6-14(12-20)19-10-7-18-8-11-19;/h2-5,14,18H,6-13H2,1H3;1H. The van der Waals surface area contributed by atoms with Crippen LogP contribution in [0.5, 0.6) is 11.5 Å². The third-order valence-electron chi connectivity index (χ3n) is 4.60. The van der Waals surface area contributed by atoms with Gasteiger partial charge in [0.05, 0.1) is 7.11 Å². The van der Waals surface area contributed by atoms with Crippen LogP contribution < -0.4 is 14.8 Å². The normalized spacial score (nSPS) is 21.2. The molecule has 2 saturated heterocycles. The molecule has 7 heteroatoms. The van der Waals surface area contributed by atoms with Gasteiger partial charge >= 0.3 is 0 Å². The fourth-order valence-corrected chi connectivity index (χ4v) is 3.28. The minimum atomic E-state index is 0. The number of rotatable bonds is 5. The Bertz CT molecular complexity index is 538. The first-order valence-corrected chi connectivity index (χ1v) is 8.26. The van der Waals surface area contributed by atoms with Gasteiger partial charge in [0.2, 0.25) is 0 Å². The van der Waals surface area contributed by atoms with E-state index in [1.54, 1.807) is 7.11 Å². The van der Waals surface area contributed by atoms with Crippen LogP contribution in [0.2, 0.25) is 0 Å². The van der Waals surface area contributed by atoms with Gasteiger partial charge in [-0.15, -0.1) is 12.4 Å². The summed E-state index contributed by atoms with van der Waals surface area (Å²) in [6, 6.07) is 7.90. The van der Waals surface area contributed by atoms with Crippen molar-refractivity contribution in [2.45, 2.75) is 12.5 Å². The lowest BCUT2D eigenvalue weighted by molar-refractivity contribution is -0.132. The van der Waals surface area contributed by atoms with Crippen molar-refractivity contribution in [2.75, 3.05) is 53.0 Å². The molecule has 6 nitrogen and oxygen atoms in total. The SMILES string of the molecule is COc1ccccc1OCC(=O)N1CCC(N2CCNCC2)C1.Cl. The summed E-state index contributed by atoms with van der Waals surface area (Å²) in [6.07, 6.45) is 1.06. The van der Waals surface area contributed by atoms with Gasteiger partial charge in [-0.1, -0.05) is 12.1 Å². The lowest BCUT2D eigenvalue weighted by atomic mass is 10.2. The molecule has 2 aliphatic rings. The van der Waals surface area contributed by atoms with E-state index in [2.05, 4.69) is 10.2 Å². The molecule has 24 heavy (non-hydrogen) atoms. The highest BCUT2D eigenvalue weighted by atomic mass is 35.5. The van der Waals surface area contributed by atoms with Gasteiger partial charge in [-0.3, -0.25) is 9.69 Å². The van der Waals surface area contributed by atoms with Crippen molar-refractivity contribution in [2.24, 2.45) is 0 Å². The Morgan fingerprint density at radius 3 is 2.62 bits per heavy atom. The number of hydrogen-bond acceptors (Lipinski definition) is 5. The molecular formula is C17H26ClN3O3. The summed E-state index contributed by atoms with van der Waals surface area (Å²) in [5, 5.41) is 3.37. The molecule has 0 bridgehead atoms. The van der Waals surface area contributed by atoms with Gasteiger partial charge in [0, 0.05) is 45.3 Å². The zero-order valence-corrected chi connectivity index (χ0v) is 14.9. The molecular weight excluding hydrogens is 330 g/mol. The second kappa shape index (κ2) is 9.11. The Balaban J connectivity index is 0.00000208. The molecule has 1 atom stereocenters. The van der Waals surface area contributed by atoms with E-state index < -0.39 is 0 Å². The molecule has 3 rings (SSSR count). The van der Waals surface area contributed by atoms with E-state index in [4.69, 9.17) is 9.47 Å². The van der Waals surface area contributed by atoms with Gasteiger partial charge in [-0.05, 0) is 18.6 Å². The predicted octanol–water partition coefficient (Wildman–Crippen LogP) is 1.00. The second-order valence-electron chi connectivity index (χ2n) is 6.01. The summed E-state index contributed by atoms with van der Waals surface area (Å²) >= 11 is 0. The summed E-state index contributed by atoms with van der Waals surface area (Å²) in [4.78, 5) is 16.8. The first-order chi connectivity index (χ1) is 11.3. The minimum Gasteiger partial charge on any atom is -0.493 e. The van der Waals surface area contributed by atoms with E-state index in [1.165, 1.54) is 0 Å². The van der Waals surface area contributed by atoms with Crippen LogP contribution in [0.25, 0.3) is 0 Å². The van der Waals surface area contributed by atoms with Gasteiger partial charge in [-0.25, -0.2) is 0 Å². The maximum absolute atomic E-state index is 12.4. The number of nitrogens with zero attached hydrogens (tertiary/aromatic N) is 2. The molecule has 0 aliphatic carbocycles. The average Bonchev–Trinajstić information content (AvgIpc) is 3.11. The topological polar surface area (TPSA) is 54.0 Å². The lowest BCUT2D eigenvalue weighted by Gasteiger charge is -2.32. The van der Waals surface area contributed by atoms with Crippen molar-refractivity contribution in [3.63, 3.8) is 0 Å². The summed E-state index contributed by atoms with van der Waals surface area (Å²) < 4.78 is 10.9. The van der Waals surface area contributed by atoms with Crippen LogP contribution >= 0.6 is 12.4 Å². The van der Waals surface area contributed by atoms with Crippen molar-refractivity contribution in [1.29, 1.82) is 0 Å². The minimum absolute atomic E-state index is 0. The van der Waals surface area contributed by atoms with Crippen molar-refractivity contribution in [3.05, 3.63) is 24.3 Å². The highest BCUT2D eigenvalue weighted by Crippen LogP contribution is 2.26. The number of para-hydroxylation sites is 2. The van der Waals surface area contributed by atoms with Crippen LogP contribution in [0.1, 0.15) is 6.42 Å². The molecule has 2 aliphatic heterocycles. The van der Waals surface area contributed by atoms with Crippen LogP contribution in [0, 0.1) is 0 Å². The summed E-state index contributed by atoms with van der Waals surface area (Å²) in [5.74, 6) is 1.31. The third-order valence-corrected chi connectivity index (χ3v) is 4.60. The zero-order valence-electron chi connectivity index (χ0n) is 14.1. The van der Waals surface area contributed by atoms with E-state index in [-0.39, 0.29) is 24.9 Å². The third kappa shape index (κ3) is 4.53. The zero-order chi connectivity index (χ0) is 16.1. The molecule has 1 aromatic rings. The van der Waals surface area contributed by atoms with Crippen LogP contribution in [-0.4, -0.2) is 74.7 Å². The molecule has 0 spiro atoms. The number of carbonyl (C=O) groups excluding carboxylic acids is 1. The number of carbonyl (C=O) groups is 1. The van der Waals surface area contributed by atoms with Gasteiger partial charge < -0.3 is 19.7 Å². The molecule has 0 aromatic heterocycles. The first-order valence-electron chi connectivity index (χ1n) is 8.26. The van der Waals surface area contributed by atoms with Gasteiger partial charge in [0.25, 0.3) is 5.91 Å². The summed E-state index contributed by atoms with van der Waals surface area (Å²) in [7, 11) is 1.60. The van der Waals surface area contributed by atoms with Crippen LogP contribution in [0.15, 0.2) is 24.3 Å². The largest absolute Gasteiger partial charge is 0.493 e. The number of halogens is 1. The Morgan fingerprint density at radius 1 is 1.21 bits per heavy atom. The average molecular weight is 356 g/mol. The second-order valence-corrected chi connectivity index (χ2v) is 6.01. The molecule has 1 N–H and O–H groups in total. The number of amides is 1. The summed E-state index contributed by atoms with van der Waals surface area (Å²) in [5.41, 5.74) is 0. The smallest absolute Gasteiger partial charge is 0.260 e. The molecule has 0 saturated carbocycles. The van der Waals surface area contributed by atoms with E-state index in [0.29, 0.717) is 17.5 Å². The van der Waals surface area contributed by atoms with Crippen molar-refractivity contribution in [3.8, 4) is 11.5 Å². The lowest BCUT2D eigenvalue weighted by Crippen LogP contribution is -2.49. The number of nitrogens with one attached hydrogen (secondary N) is 1. The molecule has 1 amide bonds. The summed E-state index contributed by atoms with van der Waals surface area (Å²) in [6.45, 7) is 5.93. The van der Waals surface area contributed by atoms with Gasteiger partial charge in [0.15, 0.2) is 18.1 Å². The quantitative estimate of drug-likeness (QED) is 0.854. The van der Waals surface area contributed by atoms with Crippen LogP contribution in [0.3, 0.4) is 0 Å². The molecule has 0 radical (unpaired) electrons. The van der Waals surface area contributed by atoms with E-state index >= 15 is 0 Å². The Morgan fingerprint density at radius 2 is 1.92 bits per heavy atom. The van der Waals surface area contributed by atoms with E-state index in [9.17, 15) is 4.79 Å². The molecule has 1 unspecified atom stereocenters. The first kappa shape index (κ1) is 18.8. The highest BCUT2D eigenvalue weighted by molar-refractivity contribution is 5.85. The van der Waals surface area contributed by atoms with Gasteiger partial charge in [-0.2, -0.15) is 0 Å². The van der Waals surface area contributed by atoms with E-state index in [0.717, 1.165) is 45.7 Å². The Kier molecular flexibility index (Phi) is 7.15. The predicted molar refractivity (Wildman–Crippen MR) is 95.2 cm³/mol.